The van der Waals surface area contributed by atoms with Crippen molar-refractivity contribution in [1.29, 1.82) is 0 Å². The fraction of sp³-hybridized carbons (Fsp3) is 0.450. The van der Waals surface area contributed by atoms with Crippen molar-refractivity contribution >= 4 is 17.5 Å². The quantitative estimate of drug-likeness (QED) is 0.308. The fourth-order valence-corrected chi connectivity index (χ4v) is 3.04. The summed E-state index contributed by atoms with van der Waals surface area (Å²) in [5.41, 5.74) is 2.28. The van der Waals surface area contributed by atoms with Crippen LogP contribution in [0.1, 0.15) is 46.5 Å². The van der Waals surface area contributed by atoms with Crippen molar-refractivity contribution in [2.24, 2.45) is 0 Å². The maximum atomic E-state index is 12.3. The van der Waals surface area contributed by atoms with Gasteiger partial charge < -0.3 is 4.74 Å². The molecule has 3 heteroatoms. The number of ketones is 1. The molecule has 0 saturated carbocycles. The number of hydrogen-bond donors (Lipinski definition) is 0. The second-order valence-electron chi connectivity index (χ2n) is 5.87. The standard InChI is InChI=1S/C20H28O2S/c1-16(2)10-8-11-17(3)12-9-15-19(21)20(22-4)23-18-13-6-5-7-14-18/h5-7,10,12-14,20H,8-9,11,15H2,1-4H3/b17-12+. The monoisotopic (exact) mass is 332 g/mol. The van der Waals surface area contributed by atoms with E-state index < -0.39 is 5.44 Å². The van der Waals surface area contributed by atoms with Gasteiger partial charge in [-0.25, -0.2) is 0 Å². The normalized spacial score (nSPS) is 12.8. The van der Waals surface area contributed by atoms with E-state index >= 15 is 0 Å². The fourth-order valence-electron chi connectivity index (χ4n) is 2.14. The highest BCUT2D eigenvalue weighted by Gasteiger charge is 2.18. The Morgan fingerprint density at radius 1 is 1.09 bits per heavy atom. The molecule has 0 aliphatic heterocycles. The molecule has 0 fully saturated rings. The Balaban J connectivity index is 2.40. The van der Waals surface area contributed by atoms with E-state index in [1.807, 2.05) is 30.3 Å². The zero-order valence-corrected chi connectivity index (χ0v) is 15.5. The lowest BCUT2D eigenvalue weighted by Crippen LogP contribution is -2.18. The number of Topliss-reactive ketones (excluding diaryl/α,β-unsaturated/α-hetero) is 1. The van der Waals surface area contributed by atoms with Gasteiger partial charge in [-0.3, -0.25) is 4.79 Å². The number of methoxy groups -OCH3 is 1. The highest BCUT2D eigenvalue weighted by molar-refractivity contribution is 8.00. The summed E-state index contributed by atoms with van der Waals surface area (Å²) in [6, 6.07) is 9.90. The lowest BCUT2D eigenvalue weighted by Gasteiger charge is -2.13. The molecule has 1 atom stereocenters. The van der Waals surface area contributed by atoms with E-state index in [9.17, 15) is 4.79 Å². The van der Waals surface area contributed by atoms with Crippen LogP contribution in [0, 0.1) is 0 Å². The van der Waals surface area contributed by atoms with Gasteiger partial charge >= 0.3 is 0 Å². The summed E-state index contributed by atoms with van der Waals surface area (Å²) in [6.07, 6.45) is 7.87. The number of ether oxygens (including phenoxy) is 1. The van der Waals surface area contributed by atoms with E-state index in [1.165, 1.54) is 22.9 Å². The molecule has 1 unspecified atom stereocenters. The molecule has 23 heavy (non-hydrogen) atoms. The number of allylic oxidation sites excluding steroid dienone is 4. The summed E-state index contributed by atoms with van der Waals surface area (Å²) in [7, 11) is 1.60. The first-order chi connectivity index (χ1) is 11.0. The van der Waals surface area contributed by atoms with Gasteiger partial charge in [-0.1, -0.05) is 53.3 Å². The van der Waals surface area contributed by atoms with Crippen LogP contribution >= 0.6 is 11.8 Å². The van der Waals surface area contributed by atoms with Crippen molar-refractivity contribution in [2.45, 2.75) is 56.8 Å². The zero-order valence-electron chi connectivity index (χ0n) is 14.7. The molecule has 0 N–H and O–H groups in total. The van der Waals surface area contributed by atoms with E-state index in [-0.39, 0.29) is 5.78 Å². The van der Waals surface area contributed by atoms with Gasteiger partial charge in [0.15, 0.2) is 11.2 Å². The maximum Gasteiger partial charge on any atom is 0.172 e. The Morgan fingerprint density at radius 3 is 2.35 bits per heavy atom. The number of hydrogen-bond acceptors (Lipinski definition) is 3. The molecule has 0 aromatic heterocycles. The van der Waals surface area contributed by atoms with Gasteiger partial charge in [0, 0.05) is 18.4 Å². The number of carbonyl (C=O) groups is 1. The van der Waals surface area contributed by atoms with Gasteiger partial charge in [0.2, 0.25) is 0 Å². The molecule has 0 bridgehead atoms. The van der Waals surface area contributed by atoms with E-state index in [1.54, 1.807) is 7.11 Å². The van der Waals surface area contributed by atoms with E-state index in [4.69, 9.17) is 4.74 Å². The molecule has 1 rings (SSSR count). The van der Waals surface area contributed by atoms with Crippen LogP contribution in [0.25, 0.3) is 0 Å². The third-order valence-electron chi connectivity index (χ3n) is 3.44. The van der Waals surface area contributed by atoms with Crippen LogP contribution in [0.2, 0.25) is 0 Å². The van der Waals surface area contributed by atoms with Crippen LogP contribution in [-0.2, 0) is 9.53 Å². The first-order valence-corrected chi connectivity index (χ1v) is 8.97. The molecule has 2 nitrogen and oxygen atoms in total. The molecule has 0 heterocycles. The number of benzene rings is 1. The molecular weight excluding hydrogens is 304 g/mol. The summed E-state index contributed by atoms with van der Waals surface area (Å²) in [5, 5.41) is 0. The first-order valence-electron chi connectivity index (χ1n) is 8.09. The lowest BCUT2D eigenvalue weighted by molar-refractivity contribution is -0.124. The minimum atomic E-state index is -0.420. The van der Waals surface area contributed by atoms with Crippen LogP contribution in [0.5, 0.6) is 0 Å². The number of carbonyl (C=O) groups excluding carboxylic acids is 1. The van der Waals surface area contributed by atoms with Gasteiger partial charge in [0.25, 0.3) is 0 Å². The van der Waals surface area contributed by atoms with Crippen molar-refractivity contribution < 1.29 is 9.53 Å². The van der Waals surface area contributed by atoms with Crippen molar-refractivity contribution in [1.82, 2.24) is 0 Å². The predicted octanol–water partition coefficient (Wildman–Crippen LogP) is 5.79. The maximum absolute atomic E-state index is 12.3. The summed E-state index contributed by atoms with van der Waals surface area (Å²) in [6.45, 7) is 6.37. The topological polar surface area (TPSA) is 26.3 Å². The second-order valence-corrected chi connectivity index (χ2v) is 7.01. The third-order valence-corrected chi connectivity index (χ3v) is 4.65. The van der Waals surface area contributed by atoms with Crippen molar-refractivity contribution in [3.05, 3.63) is 53.6 Å². The predicted molar refractivity (Wildman–Crippen MR) is 99.8 cm³/mol. The van der Waals surface area contributed by atoms with Gasteiger partial charge in [0.1, 0.15) is 0 Å². The molecule has 0 aliphatic rings. The summed E-state index contributed by atoms with van der Waals surface area (Å²) >= 11 is 1.47. The van der Waals surface area contributed by atoms with Crippen LogP contribution in [-0.4, -0.2) is 18.3 Å². The lowest BCUT2D eigenvalue weighted by atomic mass is 10.1. The molecule has 0 saturated heterocycles. The van der Waals surface area contributed by atoms with Crippen molar-refractivity contribution in [3.8, 4) is 0 Å². The SMILES string of the molecule is COC(Sc1ccccc1)C(=O)CC/C=C(\C)CCC=C(C)C. The van der Waals surface area contributed by atoms with Crippen LogP contribution in [0.15, 0.2) is 58.5 Å². The van der Waals surface area contributed by atoms with E-state index in [0.29, 0.717) is 6.42 Å². The third kappa shape index (κ3) is 8.77. The van der Waals surface area contributed by atoms with Gasteiger partial charge in [-0.15, -0.1) is 0 Å². The Morgan fingerprint density at radius 2 is 1.74 bits per heavy atom. The number of rotatable bonds is 10. The van der Waals surface area contributed by atoms with Gasteiger partial charge in [-0.05, 0) is 52.2 Å². The highest BCUT2D eigenvalue weighted by atomic mass is 32.2. The summed E-state index contributed by atoms with van der Waals surface area (Å²) in [4.78, 5) is 13.3. The minimum Gasteiger partial charge on any atom is -0.363 e. The number of thioether (sulfide) groups is 1. The molecule has 0 radical (unpaired) electrons. The van der Waals surface area contributed by atoms with Crippen LogP contribution < -0.4 is 0 Å². The van der Waals surface area contributed by atoms with E-state index in [2.05, 4.69) is 32.9 Å². The second kappa shape index (κ2) is 11.3. The van der Waals surface area contributed by atoms with Crippen LogP contribution in [0.4, 0.5) is 0 Å². The van der Waals surface area contributed by atoms with E-state index in [0.717, 1.165) is 24.2 Å². The van der Waals surface area contributed by atoms with Crippen LogP contribution in [0.3, 0.4) is 0 Å². The Kier molecular flexibility index (Phi) is 9.65. The molecule has 126 valence electrons. The summed E-state index contributed by atoms with van der Waals surface area (Å²) < 4.78 is 5.35. The summed E-state index contributed by atoms with van der Waals surface area (Å²) in [5.74, 6) is 0.148. The van der Waals surface area contributed by atoms with Crippen molar-refractivity contribution in [2.75, 3.05) is 7.11 Å². The Hall–Kier alpha value is -1.32. The smallest absolute Gasteiger partial charge is 0.172 e. The highest BCUT2D eigenvalue weighted by Crippen LogP contribution is 2.25. The Bertz CT molecular complexity index is 528. The molecule has 1 aromatic rings. The van der Waals surface area contributed by atoms with Gasteiger partial charge in [-0.2, -0.15) is 0 Å². The molecule has 0 spiro atoms. The average molecular weight is 333 g/mol. The largest absolute Gasteiger partial charge is 0.363 e. The molecular formula is C20H28O2S. The Labute approximate surface area is 145 Å². The van der Waals surface area contributed by atoms with Crippen molar-refractivity contribution in [3.63, 3.8) is 0 Å². The zero-order chi connectivity index (χ0) is 17.1. The average Bonchev–Trinajstić information content (AvgIpc) is 2.53. The van der Waals surface area contributed by atoms with Gasteiger partial charge in [0.05, 0.1) is 0 Å². The molecule has 1 aromatic carbocycles. The first kappa shape index (κ1) is 19.7. The molecule has 0 aliphatic carbocycles. The molecule has 0 amide bonds. The minimum absolute atomic E-state index is 0.148.